The monoisotopic (exact) mass is 297 g/mol. The van der Waals surface area contributed by atoms with Gasteiger partial charge in [-0.15, -0.1) is 0 Å². The van der Waals surface area contributed by atoms with Crippen molar-refractivity contribution in [1.82, 2.24) is 9.97 Å². The molecular formula is C13H23N5OS. The van der Waals surface area contributed by atoms with Crippen molar-refractivity contribution < 1.29 is 4.21 Å². The second kappa shape index (κ2) is 6.99. The molecule has 1 aliphatic rings. The second-order valence-corrected chi connectivity index (χ2v) is 6.82. The first-order valence-electron chi connectivity index (χ1n) is 7.09. The van der Waals surface area contributed by atoms with E-state index in [0.717, 1.165) is 54.4 Å². The third kappa shape index (κ3) is 3.67. The predicted molar refractivity (Wildman–Crippen MR) is 83.1 cm³/mol. The molecule has 0 bridgehead atoms. The molecule has 0 amide bonds. The Labute approximate surface area is 122 Å². The Hall–Kier alpha value is -1.21. The molecule has 4 N–H and O–H groups in total. The summed E-state index contributed by atoms with van der Waals surface area (Å²) in [4.78, 5) is 9.00. The van der Waals surface area contributed by atoms with E-state index >= 15 is 0 Å². The summed E-state index contributed by atoms with van der Waals surface area (Å²) in [5.41, 5.74) is 3.57. The van der Waals surface area contributed by atoms with Crippen LogP contribution in [0.4, 0.5) is 11.6 Å². The van der Waals surface area contributed by atoms with E-state index in [0.29, 0.717) is 11.9 Å². The highest BCUT2D eigenvalue weighted by Gasteiger charge is 2.20. The summed E-state index contributed by atoms with van der Waals surface area (Å²) in [5.74, 6) is 9.38. The van der Waals surface area contributed by atoms with Gasteiger partial charge in [0, 0.05) is 40.3 Å². The third-order valence-electron chi connectivity index (χ3n) is 3.53. The molecule has 0 radical (unpaired) electrons. The number of aromatic nitrogens is 2. The summed E-state index contributed by atoms with van der Waals surface area (Å²) in [6.07, 6.45) is 3.67. The first kappa shape index (κ1) is 15.2. The van der Waals surface area contributed by atoms with E-state index in [-0.39, 0.29) is 0 Å². The van der Waals surface area contributed by atoms with Crippen LogP contribution < -0.4 is 16.6 Å². The van der Waals surface area contributed by atoms with Crippen LogP contribution in [0.15, 0.2) is 0 Å². The summed E-state index contributed by atoms with van der Waals surface area (Å²) in [7, 11) is -0.643. The van der Waals surface area contributed by atoms with Gasteiger partial charge in [0.15, 0.2) is 0 Å². The fourth-order valence-corrected chi connectivity index (χ4v) is 3.61. The van der Waals surface area contributed by atoms with Crippen molar-refractivity contribution in [1.29, 1.82) is 0 Å². The number of hydrogen-bond acceptors (Lipinski definition) is 6. The summed E-state index contributed by atoms with van der Waals surface area (Å²) in [5, 5.41) is 3.46. The number of nitrogens with one attached hydrogen (secondary N) is 2. The van der Waals surface area contributed by atoms with Gasteiger partial charge in [-0.05, 0) is 26.2 Å². The van der Waals surface area contributed by atoms with E-state index in [9.17, 15) is 4.21 Å². The van der Waals surface area contributed by atoms with Crippen LogP contribution in [-0.4, -0.2) is 31.7 Å². The molecule has 0 spiro atoms. The predicted octanol–water partition coefficient (Wildman–Crippen LogP) is 1.35. The maximum Gasteiger partial charge on any atom is 0.148 e. The Balaban J connectivity index is 2.16. The number of nitrogens with two attached hydrogens (primary N) is 1. The average molecular weight is 297 g/mol. The van der Waals surface area contributed by atoms with Crippen molar-refractivity contribution in [2.45, 2.75) is 45.6 Å². The van der Waals surface area contributed by atoms with E-state index < -0.39 is 10.8 Å². The molecule has 1 fully saturated rings. The first-order chi connectivity index (χ1) is 9.63. The molecule has 0 unspecified atom stereocenters. The molecule has 2 rings (SSSR count). The molecule has 2 heterocycles. The normalized spacial score (nSPS) is 22.6. The lowest BCUT2D eigenvalue weighted by Gasteiger charge is -2.24. The number of hydrogen-bond donors (Lipinski definition) is 3. The lowest BCUT2D eigenvalue weighted by atomic mass is 10.1. The minimum absolute atomic E-state index is 0.335. The molecule has 6 nitrogen and oxygen atoms in total. The largest absolute Gasteiger partial charge is 0.367 e. The molecule has 0 aliphatic carbocycles. The van der Waals surface area contributed by atoms with E-state index in [1.54, 1.807) is 0 Å². The molecule has 1 saturated heterocycles. The second-order valence-electron chi connectivity index (χ2n) is 5.12. The number of rotatable bonds is 5. The number of nitrogen functional groups attached to an aromatic ring is 1. The van der Waals surface area contributed by atoms with E-state index in [1.807, 2.05) is 6.92 Å². The van der Waals surface area contributed by atoms with Crippen LogP contribution in [0.5, 0.6) is 0 Å². The minimum atomic E-state index is -0.643. The average Bonchev–Trinajstić information content (AvgIpc) is 2.45. The lowest BCUT2D eigenvalue weighted by Crippen LogP contribution is -2.30. The SMILES string of the molecule is CCCc1nc(NN)c(C)c(NC2CCS(=O)CC2)n1. The van der Waals surface area contributed by atoms with E-state index in [2.05, 4.69) is 27.6 Å². The Morgan fingerprint density at radius 1 is 1.30 bits per heavy atom. The first-order valence-corrected chi connectivity index (χ1v) is 8.58. The molecule has 20 heavy (non-hydrogen) atoms. The van der Waals surface area contributed by atoms with E-state index in [4.69, 9.17) is 5.84 Å². The Morgan fingerprint density at radius 3 is 2.55 bits per heavy atom. The standard InChI is InChI=1S/C13H23N5OS/c1-3-4-11-16-12(9(2)13(17-11)18-14)15-10-5-7-20(19)8-6-10/h10H,3-8,14H2,1-2H3,(H2,15,16,17,18). The molecule has 1 aliphatic heterocycles. The van der Waals surface area contributed by atoms with Gasteiger partial charge < -0.3 is 10.7 Å². The lowest BCUT2D eigenvalue weighted by molar-refractivity contribution is 0.621. The van der Waals surface area contributed by atoms with Gasteiger partial charge in [0.1, 0.15) is 17.5 Å². The zero-order chi connectivity index (χ0) is 14.5. The van der Waals surface area contributed by atoms with E-state index in [1.165, 1.54) is 0 Å². The van der Waals surface area contributed by atoms with Crippen molar-refractivity contribution in [2.24, 2.45) is 5.84 Å². The number of hydrazine groups is 1. The number of aryl methyl sites for hydroxylation is 1. The molecule has 0 aromatic carbocycles. The summed E-state index contributed by atoms with van der Waals surface area (Å²) >= 11 is 0. The smallest absolute Gasteiger partial charge is 0.148 e. The van der Waals surface area contributed by atoms with Crippen LogP contribution in [0.1, 0.15) is 37.6 Å². The zero-order valence-corrected chi connectivity index (χ0v) is 12.9. The van der Waals surface area contributed by atoms with Gasteiger partial charge in [0.25, 0.3) is 0 Å². The third-order valence-corrected chi connectivity index (χ3v) is 4.91. The van der Waals surface area contributed by atoms with Gasteiger partial charge in [-0.25, -0.2) is 15.8 Å². The molecule has 0 atom stereocenters. The van der Waals surface area contributed by atoms with Gasteiger partial charge in [-0.2, -0.15) is 0 Å². The maximum absolute atomic E-state index is 11.4. The van der Waals surface area contributed by atoms with Crippen LogP contribution >= 0.6 is 0 Å². The van der Waals surface area contributed by atoms with Crippen LogP contribution in [0, 0.1) is 6.92 Å². The van der Waals surface area contributed by atoms with Crippen LogP contribution in [0.25, 0.3) is 0 Å². The maximum atomic E-state index is 11.4. The highest BCUT2D eigenvalue weighted by molar-refractivity contribution is 7.85. The fourth-order valence-electron chi connectivity index (χ4n) is 2.31. The molecular weight excluding hydrogens is 274 g/mol. The highest BCUT2D eigenvalue weighted by atomic mass is 32.2. The van der Waals surface area contributed by atoms with Crippen molar-refractivity contribution in [3.63, 3.8) is 0 Å². The molecule has 0 saturated carbocycles. The van der Waals surface area contributed by atoms with Crippen molar-refractivity contribution in [2.75, 3.05) is 22.2 Å². The zero-order valence-electron chi connectivity index (χ0n) is 12.1. The van der Waals surface area contributed by atoms with Crippen molar-refractivity contribution in [3.05, 3.63) is 11.4 Å². The Bertz CT molecular complexity index is 484. The van der Waals surface area contributed by atoms with Gasteiger partial charge in [0.2, 0.25) is 0 Å². The quantitative estimate of drug-likeness (QED) is 0.561. The molecule has 7 heteroatoms. The number of anilines is 2. The Kier molecular flexibility index (Phi) is 5.31. The molecule has 1 aromatic heterocycles. The summed E-state index contributed by atoms with van der Waals surface area (Å²) < 4.78 is 11.4. The van der Waals surface area contributed by atoms with Crippen molar-refractivity contribution in [3.8, 4) is 0 Å². The van der Waals surface area contributed by atoms with Gasteiger partial charge in [-0.1, -0.05) is 6.92 Å². The van der Waals surface area contributed by atoms with Crippen molar-refractivity contribution >= 4 is 22.4 Å². The Morgan fingerprint density at radius 2 is 1.95 bits per heavy atom. The number of nitrogens with zero attached hydrogens (tertiary/aromatic N) is 2. The molecule has 112 valence electrons. The molecule has 1 aromatic rings. The summed E-state index contributed by atoms with van der Waals surface area (Å²) in [6, 6.07) is 0.335. The summed E-state index contributed by atoms with van der Waals surface area (Å²) in [6.45, 7) is 4.05. The minimum Gasteiger partial charge on any atom is -0.367 e. The van der Waals surface area contributed by atoms with Gasteiger partial charge >= 0.3 is 0 Å². The van der Waals surface area contributed by atoms with Gasteiger partial charge in [0.05, 0.1) is 0 Å². The van der Waals surface area contributed by atoms with Crippen LogP contribution in [0.3, 0.4) is 0 Å². The van der Waals surface area contributed by atoms with Crippen LogP contribution in [-0.2, 0) is 17.2 Å². The topological polar surface area (TPSA) is 92.9 Å². The van der Waals surface area contributed by atoms with Gasteiger partial charge in [-0.3, -0.25) is 4.21 Å². The fraction of sp³-hybridized carbons (Fsp3) is 0.692. The van der Waals surface area contributed by atoms with Crippen LogP contribution in [0.2, 0.25) is 0 Å². The highest BCUT2D eigenvalue weighted by Crippen LogP contribution is 2.22.